The van der Waals surface area contributed by atoms with Crippen LogP contribution in [0.1, 0.15) is 126 Å². The molecule has 0 radical (unpaired) electrons. The van der Waals surface area contributed by atoms with Crippen LogP contribution in [0, 0.1) is 0 Å². The van der Waals surface area contributed by atoms with E-state index in [1.54, 1.807) is 17.9 Å². The minimum Gasteiger partial charge on any atom is -0.490 e. The highest BCUT2D eigenvalue weighted by atomic mass is 19.4. The Morgan fingerprint density at radius 2 is 1.74 bits per heavy atom. The largest absolute Gasteiger partial charge is 0.490 e. The Balaban J connectivity index is 0.000000837. The fourth-order valence-corrected chi connectivity index (χ4v) is 5.07. The van der Waals surface area contributed by atoms with Crippen molar-refractivity contribution in [3.05, 3.63) is 46.9 Å². The number of Topliss-reactive ketones (excluding diaryl/α,β-unsaturated/α-hetero) is 1. The van der Waals surface area contributed by atoms with Crippen LogP contribution in [-0.2, 0) is 14.3 Å². The van der Waals surface area contributed by atoms with Crippen LogP contribution in [0.15, 0.2) is 51.9 Å². The molecule has 10 heteroatoms. The van der Waals surface area contributed by atoms with Crippen molar-refractivity contribution in [1.82, 2.24) is 4.90 Å². The van der Waals surface area contributed by atoms with Crippen LogP contribution in [0.3, 0.4) is 0 Å². The number of rotatable bonds is 14. The summed E-state index contributed by atoms with van der Waals surface area (Å²) in [5.74, 6) is -0.203. The molecule has 264 valence electrons. The maximum Gasteiger partial charge on any atom is 0.419 e. The first kappa shape index (κ1) is 43.1. The molecule has 7 nitrogen and oxygen atoms in total. The van der Waals surface area contributed by atoms with Crippen molar-refractivity contribution in [3.8, 4) is 0 Å². The van der Waals surface area contributed by atoms with E-state index in [-0.39, 0.29) is 41.9 Å². The number of likely N-dealkylation sites (tertiary alicyclic amines) is 1. The van der Waals surface area contributed by atoms with Gasteiger partial charge in [-0.05, 0) is 83.8 Å². The summed E-state index contributed by atoms with van der Waals surface area (Å²) in [4.78, 5) is 29.4. The number of nitrogens with two attached hydrogens (primary N) is 1. The number of amides is 1. The zero-order valence-electron chi connectivity index (χ0n) is 29.3. The van der Waals surface area contributed by atoms with Crippen LogP contribution in [0.4, 0.5) is 13.2 Å². The van der Waals surface area contributed by atoms with Gasteiger partial charge in [-0.1, -0.05) is 66.0 Å². The molecule has 2 rings (SSSR count). The minimum absolute atomic E-state index is 0.00339. The molecule has 1 atom stereocenters. The molecule has 2 fully saturated rings. The summed E-state index contributed by atoms with van der Waals surface area (Å²) in [5, 5.41) is 9.49. The number of carbonyl (C=O) groups is 2. The maximum atomic E-state index is 13.3. The van der Waals surface area contributed by atoms with Gasteiger partial charge in [0.1, 0.15) is 11.5 Å². The third-order valence-corrected chi connectivity index (χ3v) is 7.44. The van der Waals surface area contributed by atoms with E-state index in [9.17, 15) is 27.9 Å². The average Bonchev–Trinajstić information content (AvgIpc) is 3.49. The molecule has 1 heterocycles. The molecular formula is C36H60F3N3O4. The monoisotopic (exact) mass is 655 g/mol. The smallest absolute Gasteiger partial charge is 0.419 e. The van der Waals surface area contributed by atoms with Gasteiger partial charge >= 0.3 is 6.18 Å². The predicted octanol–water partition coefficient (Wildman–Crippen LogP) is 8.53. The Hall–Kier alpha value is -2.88. The molecule has 1 amide bonds. The second-order valence-corrected chi connectivity index (χ2v) is 11.3. The molecule has 0 aromatic carbocycles. The number of hydrogen-bond donors (Lipinski definition) is 2. The van der Waals surface area contributed by atoms with Crippen molar-refractivity contribution in [3.63, 3.8) is 0 Å². The standard InChI is InChI=1S/C19H31F3O.C15H23N3O3.C2H6/c1-5-9-11-14-16(12-7-3)23-18(13-8-4)17(15-10-6-2)19(20,21)22;1-10(19)9-17-13-4-2-3-12(13)14(16)15(21)18-7-5-11(20)6-8-18;1-2/h6,10,13,15-16H,5,7-9,11-12,14H2,1-4H3;11,20H,2-9,16H2,1H3;1-2H3/b10-6-,17-15+,18-13-;14-12-,17-13?;. The summed E-state index contributed by atoms with van der Waals surface area (Å²) in [7, 11) is 0. The number of aliphatic imine (C=N–C) groups is 1. The van der Waals surface area contributed by atoms with E-state index in [1.807, 2.05) is 27.7 Å². The Labute approximate surface area is 275 Å². The summed E-state index contributed by atoms with van der Waals surface area (Å²) in [5.41, 5.74) is 7.20. The van der Waals surface area contributed by atoms with E-state index in [1.165, 1.54) is 19.1 Å². The van der Waals surface area contributed by atoms with Crippen LogP contribution < -0.4 is 5.73 Å². The first-order valence-electron chi connectivity index (χ1n) is 17.2. The zero-order valence-corrected chi connectivity index (χ0v) is 29.3. The number of hydrogen-bond acceptors (Lipinski definition) is 6. The summed E-state index contributed by atoms with van der Waals surface area (Å²) in [6, 6.07) is 0. The number of aliphatic hydroxyl groups is 1. The number of halogens is 3. The predicted molar refractivity (Wildman–Crippen MR) is 182 cm³/mol. The normalized spacial score (nSPS) is 18.9. The molecule has 46 heavy (non-hydrogen) atoms. The van der Waals surface area contributed by atoms with Crippen LogP contribution in [0.5, 0.6) is 0 Å². The molecular weight excluding hydrogens is 595 g/mol. The molecule has 1 saturated heterocycles. The van der Waals surface area contributed by atoms with E-state index < -0.39 is 11.7 Å². The van der Waals surface area contributed by atoms with Gasteiger partial charge in [0.2, 0.25) is 0 Å². The number of piperidine rings is 1. The van der Waals surface area contributed by atoms with Crippen LogP contribution in [-0.4, -0.2) is 65.4 Å². The molecule has 1 aliphatic carbocycles. The number of allylic oxidation sites excluding steroid dienone is 6. The highest BCUT2D eigenvalue weighted by molar-refractivity contribution is 6.09. The third-order valence-electron chi connectivity index (χ3n) is 7.44. The molecule has 0 aromatic heterocycles. The van der Waals surface area contributed by atoms with Crippen molar-refractivity contribution >= 4 is 17.4 Å². The first-order valence-corrected chi connectivity index (χ1v) is 17.2. The Morgan fingerprint density at radius 3 is 2.26 bits per heavy atom. The van der Waals surface area contributed by atoms with Gasteiger partial charge in [-0.25, -0.2) is 0 Å². The van der Waals surface area contributed by atoms with Gasteiger partial charge in [0.15, 0.2) is 5.78 Å². The fraction of sp³-hybridized carbons (Fsp3) is 0.694. The second kappa shape index (κ2) is 24.3. The number of nitrogens with zero attached hydrogens (tertiary/aromatic N) is 2. The molecule has 3 N–H and O–H groups in total. The first-order chi connectivity index (χ1) is 21.9. The van der Waals surface area contributed by atoms with Crippen LogP contribution in [0.25, 0.3) is 0 Å². The lowest BCUT2D eigenvalue weighted by atomic mass is 10.1. The van der Waals surface area contributed by atoms with E-state index >= 15 is 0 Å². The Kier molecular flexibility index (Phi) is 22.8. The van der Waals surface area contributed by atoms with Crippen LogP contribution >= 0.6 is 0 Å². The number of alkyl halides is 3. The van der Waals surface area contributed by atoms with E-state index in [2.05, 4.69) is 11.9 Å². The van der Waals surface area contributed by atoms with E-state index in [0.717, 1.165) is 75.1 Å². The van der Waals surface area contributed by atoms with Gasteiger partial charge in [-0.15, -0.1) is 0 Å². The van der Waals surface area contributed by atoms with Crippen LogP contribution in [0.2, 0.25) is 0 Å². The molecule has 2 aliphatic rings. The van der Waals surface area contributed by atoms with Crippen molar-refractivity contribution in [2.75, 3.05) is 19.6 Å². The molecule has 1 aliphatic heterocycles. The van der Waals surface area contributed by atoms with Crippen molar-refractivity contribution in [1.29, 1.82) is 0 Å². The Bertz CT molecular complexity index is 1050. The molecule has 1 saturated carbocycles. The number of ketones is 1. The summed E-state index contributed by atoms with van der Waals surface area (Å²) in [6.07, 6.45) is 10.5. The number of ether oxygens (including phenoxy) is 1. The molecule has 0 aromatic rings. The van der Waals surface area contributed by atoms with Gasteiger partial charge in [0.25, 0.3) is 5.91 Å². The lowest BCUT2D eigenvalue weighted by Crippen LogP contribution is -2.42. The Morgan fingerprint density at radius 1 is 1.09 bits per heavy atom. The van der Waals surface area contributed by atoms with Crippen molar-refractivity contribution in [2.45, 2.75) is 144 Å². The maximum absolute atomic E-state index is 13.3. The van der Waals surface area contributed by atoms with Gasteiger partial charge in [-0.3, -0.25) is 14.6 Å². The fourth-order valence-electron chi connectivity index (χ4n) is 5.07. The van der Waals surface area contributed by atoms with Gasteiger partial charge < -0.3 is 20.5 Å². The lowest BCUT2D eigenvalue weighted by molar-refractivity contribution is -0.129. The number of aliphatic hydroxyl groups excluding tert-OH is 1. The molecule has 0 bridgehead atoms. The number of unbranched alkanes of at least 4 members (excludes halogenated alkanes) is 2. The highest BCUT2D eigenvalue weighted by Crippen LogP contribution is 2.34. The lowest BCUT2D eigenvalue weighted by Gasteiger charge is -2.30. The summed E-state index contributed by atoms with van der Waals surface area (Å²) >= 11 is 0. The summed E-state index contributed by atoms with van der Waals surface area (Å²) < 4.78 is 45.8. The SMILES string of the molecule is CC.CC(=O)CN=C1CCC/C1=C(/N)C(=O)N1CCC(O)CC1.C\C=C/C=C(\C(=C\CC)OC(CCC)CCCCC)C(F)(F)F. The molecule has 0 spiro atoms. The van der Waals surface area contributed by atoms with Crippen molar-refractivity contribution < 1.29 is 32.6 Å². The topological polar surface area (TPSA) is 105 Å². The third kappa shape index (κ3) is 16.6. The van der Waals surface area contributed by atoms with Gasteiger partial charge in [0.05, 0.1) is 24.3 Å². The minimum atomic E-state index is -4.42. The van der Waals surface area contributed by atoms with E-state index in [4.69, 9.17) is 10.5 Å². The highest BCUT2D eigenvalue weighted by Gasteiger charge is 2.37. The zero-order chi connectivity index (χ0) is 35.1. The quantitative estimate of drug-likeness (QED) is 0.0845. The second-order valence-electron chi connectivity index (χ2n) is 11.3. The number of carbonyl (C=O) groups excluding carboxylic acids is 2. The van der Waals surface area contributed by atoms with Crippen molar-refractivity contribution in [2.24, 2.45) is 10.7 Å². The average molecular weight is 656 g/mol. The van der Waals surface area contributed by atoms with Gasteiger partial charge in [0, 0.05) is 24.4 Å². The van der Waals surface area contributed by atoms with Gasteiger partial charge in [-0.2, -0.15) is 13.2 Å². The van der Waals surface area contributed by atoms with E-state index in [0.29, 0.717) is 32.4 Å². The summed E-state index contributed by atoms with van der Waals surface area (Å²) in [6.45, 7) is 14.4. The molecule has 1 unspecified atom stereocenters.